The summed E-state index contributed by atoms with van der Waals surface area (Å²) in [5.41, 5.74) is 3.46. The number of thiocarbonyl (C=S) groups is 1. The lowest BCUT2D eigenvalue weighted by molar-refractivity contribution is 0.196. The van der Waals surface area contributed by atoms with Gasteiger partial charge in [0.05, 0.1) is 0 Å². The van der Waals surface area contributed by atoms with Gasteiger partial charge in [0.15, 0.2) is 0 Å². The van der Waals surface area contributed by atoms with Crippen molar-refractivity contribution in [1.82, 2.24) is 10.4 Å². The Morgan fingerprint density at radius 2 is 2.10 bits per heavy atom. The molecule has 1 aliphatic heterocycles. The number of alkyl halides is 3. The molecule has 114 valence electrons. The van der Waals surface area contributed by atoms with Gasteiger partial charge in [0.1, 0.15) is 6.17 Å². The van der Waals surface area contributed by atoms with Crippen LogP contribution >= 0.6 is 58.6 Å². The predicted octanol–water partition coefficient (Wildman–Crippen LogP) is 4.38. The van der Waals surface area contributed by atoms with Gasteiger partial charge in [-0.3, -0.25) is 4.90 Å². The average molecular weight is 387 g/mol. The van der Waals surface area contributed by atoms with Gasteiger partial charge in [-0.1, -0.05) is 71.6 Å². The molecule has 2 unspecified atom stereocenters. The summed E-state index contributed by atoms with van der Waals surface area (Å²) in [4.78, 5) is 14.0. The highest BCUT2D eigenvalue weighted by Gasteiger charge is 2.48. The second-order valence-corrected chi connectivity index (χ2v) is 7.43. The van der Waals surface area contributed by atoms with Crippen molar-refractivity contribution in [2.24, 2.45) is 5.92 Å². The number of urea groups is 1. The molecule has 2 rings (SSSR count). The Kier molecular flexibility index (Phi) is 5.23. The van der Waals surface area contributed by atoms with Crippen molar-refractivity contribution in [1.29, 1.82) is 0 Å². The van der Waals surface area contributed by atoms with Crippen LogP contribution in [0.15, 0.2) is 24.3 Å². The summed E-state index contributed by atoms with van der Waals surface area (Å²) in [5.74, 6) is -0.153. The lowest BCUT2D eigenvalue weighted by atomic mass is 10.1. The van der Waals surface area contributed by atoms with Gasteiger partial charge in [-0.05, 0) is 23.6 Å². The van der Waals surface area contributed by atoms with E-state index in [1.54, 1.807) is 29.6 Å². The molecule has 1 N–H and O–H groups in total. The lowest BCUT2D eigenvalue weighted by Crippen LogP contribution is -2.46. The van der Waals surface area contributed by atoms with E-state index in [0.29, 0.717) is 10.7 Å². The molecule has 0 aliphatic carbocycles. The quantitative estimate of drug-likeness (QED) is 0.475. The summed E-state index contributed by atoms with van der Waals surface area (Å²) in [5, 5.41) is 2.99. The largest absolute Gasteiger partial charge is 0.343 e. The maximum Gasteiger partial charge on any atom is 0.343 e. The molecule has 2 amide bonds. The van der Waals surface area contributed by atoms with Crippen molar-refractivity contribution >= 4 is 75.7 Å². The SMILES string of the molecule is CC(C=S)C1NN(C(Cl)(Cl)Cl)C(=O)N1c1cccc(Cl)c1. The van der Waals surface area contributed by atoms with E-state index in [2.05, 4.69) is 5.43 Å². The van der Waals surface area contributed by atoms with Crippen molar-refractivity contribution in [3.63, 3.8) is 0 Å². The van der Waals surface area contributed by atoms with E-state index in [1.165, 1.54) is 4.90 Å². The molecule has 0 bridgehead atoms. The highest BCUT2D eigenvalue weighted by atomic mass is 35.6. The Bertz CT molecular complexity index is 566. The van der Waals surface area contributed by atoms with Crippen molar-refractivity contribution in [3.8, 4) is 0 Å². The summed E-state index contributed by atoms with van der Waals surface area (Å²) >= 11 is 28.4. The molecule has 1 heterocycles. The van der Waals surface area contributed by atoms with Crippen molar-refractivity contribution in [3.05, 3.63) is 29.3 Å². The number of carbonyl (C=O) groups is 1. The van der Waals surface area contributed by atoms with Crippen LogP contribution in [-0.2, 0) is 0 Å². The molecule has 1 fully saturated rings. The van der Waals surface area contributed by atoms with Crippen molar-refractivity contribution < 1.29 is 4.79 Å². The fraction of sp³-hybridized carbons (Fsp3) is 0.333. The lowest BCUT2D eigenvalue weighted by Gasteiger charge is -2.25. The van der Waals surface area contributed by atoms with E-state index < -0.39 is 16.1 Å². The molecule has 4 nitrogen and oxygen atoms in total. The molecule has 21 heavy (non-hydrogen) atoms. The fourth-order valence-electron chi connectivity index (χ4n) is 1.98. The Morgan fingerprint density at radius 1 is 1.43 bits per heavy atom. The Morgan fingerprint density at radius 3 is 2.62 bits per heavy atom. The third-order valence-electron chi connectivity index (χ3n) is 2.99. The number of hydrazine groups is 1. The molecule has 0 aromatic heterocycles. The number of rotatable bonds is 3. The number of nitrogens with one attached hydrogen (secondary N) is 1. The van der Waals surface area contributed by atoms with Crippen LogP contribution in [0.5, 0.6) is 0 Å². The Balaban J connectivity index is 2.44. The van der Waals surface area contributed by atoms with Crippen LogP contribution in [0.4, 0.5) is 10.5 Å². The van der Waals surface area contributed by atoms with Gasteiger partial charge in [0.25, 0.3) is 3.92 Å². The van der Waals surface area contributed by atoms with Gasteiger partial charge in [-0.15, -0.1) is 0 Å². The standard InChI is InChI=1S/C12H11Cl4N3OS/c1-7(6-21)10-17-19(12(14,15)16)11(20)18(10)9-4-2-3-8(13)5-9/h2-7,10,17H,1H3. The van der Waals surface area contributed by atoms with Gasteiger partial charge in [0, 0.05) is 16.6 Å². The van der Waals surface area contributed by atoms with Crippen LogP contribution in [-0.4, -0.2) is 26.5 Å². The van der Waals surface area contributed by atoms with E-state index in [1.807, 2.05) is 6.92 Å². The highest BCUT2D eigenvalue weighted by molar-refractivity contribution is 7.79. The molecule has 1 aromatic carbocycles. The van der Waals surface area contributed by atoms with E-state index in [9.17, 15) is 4.79 Å². The van der Waals surface area contributed by atoms with Gasteiger partial charge >= 0.3 is 6.03 Å². The Labute approximate surface area is 147 Å². The van der Waals surface area contributed by atoms with Crippen LogP contribution in [0.2, 0.25) is 5.02 Å². The molecule has 9 heteroatoms. The topological polar surface area (TPSA) is 35.6 Å². The zero-order valence-electron chi connectivity index (χ0n) is 10.8. The molecule has 0 radical (unpaired) electrons. The molecule has 0 saturated carbocycles. The zero-order valence-corrected chi connectivity index (χ0v) is 14.6. The summed E-state index contributed by atoms with van der Waals surface area (Å²) in [6, 6.07) is 6.36. The van der Waals surface area contributed by atoms with Crippen LogP contribution in [0, 0.1) is 5.92 Å². The normalized spacial score (nSPS) is 20.8. The second-order valence-electron chi connectivity index (χ2n) is 4.50. The summed E-state index contributed by atoms with van der Waals surface area (Å²) < 4.78 is -1.91. The molecular formula is C12H11Cl4N3OS. The summed E-state index contributed by atoms with van der Waals surface area (Å²) in [6.45, 7) is 1.86. The Hall–Kier alpha value is -0.300. The van der Waals surface area contributed by atoms with Crippen molar-refractivity contribution in [2.75, 3.05) is 4.90 Å². The maximum atomic E-state index is 12.5. The number of amides is 2. The van der Waals surface area contributed by atoms with Crippen LogP contribution < -0.4 is 10.3 Å². The molecule has 1 aromatic rings. The van der Waals surface area contributed by atoms with Gasteiger partial charge in [0.2, 0.25) is 0 Å². The number of anilines is 1. The smallest absolute Gasteiger partial charge is 0.275 e. The average Bonchev–Trinajstić information content (AvgIpc) is 2.75. The van der Waals surface area contributed by atoms with Crippen LogP contribution in [0.1, 0.15) is 6.92 Å². The number of halogens is 4. The minimum absolute atomic E-state index is 0.153. The van der Waals surface area contributed by atoms with Gasteiger partial charge < -0.3 is 0 Å². The minimum atomic E-state index is -1.91. The predicted molar refractivity (Wildman–Crippen MR) is 91.2 cm³/mol. The first-order valence-corrected chi connectivity index (χ1v) is 7.91. The minimum Gasteiger partial charge on any atom is -0.275 e. The number of hydrogen-bond donors (Lipinski definition) is 1. The van der Waals surface area contributed by atoms with E-state index in [4.69, 9.17) is 58.6 Å². The highest BCUT2D eigenvalue weighted by Crippen LogP contribution is 2.36. The number of nitrogens with zero attached hydrogens (tertiary/aromatic N) is 2. The summed E-state index contributed by atoms with van der Waals surface area (Å²) in [6.07, 6.45) is -0.468. The van der Waals surface area contributed by atoms with Gasteiger partial charge in [-0.2, -0.15) is 0 Å². The first kappa shape index (κ1) is 17.1. The van der Waals surface area contributed by atoms with E-state index in [-0.39, 0.29) is 5.92 Å². The number of hydrogen-bond acceptors (Lipinski definition) is 3. The first-order chi connectivity index (χ1) is 9.75. The van der Waals surface area contributed by atoms with Crippen molar-refractivity contribution in [2.45, 2.75) is 17.0 Å². The second kappa shape index (κ2) is 6.44. The zero-order chi connectivity index (χ0) is 15.8. The number of carbonyl (C=O) groups excluding carboxylic acids is 1. The molecule has 2 atom stereocenters. The van der Waals surface area contributed by atoms with Gasteiger partial charge in [-0.25, -0.2) is 15.2 Å². The maximum absolute atomic E-state index is 12.5. The summed E-state index contributed by atoms with van der Waals surface area (Å²) in [7, 11) is 0. The molecule has 0 spiro atoms. The van der Waals surface area contributed by atoms with Crippen LogP contribution in [0.25, 0.3) is 0 Å². The van der Waals surface area contributed by atoms with E-state index >= 15 is 0 Å². The third kappa shape index (κ3) is 3.55. The third-order valence-corrected chi connectivity index (χ3v) is 4.16. The molecular weight excluding hydrogens is 376 g/mol. The first-order valence-electron chi connectivity index (χ1n) is 5.93. The fourth-order valence-corrected chi connectivity index (χ4v) is 2.67. The molecule has 1 saturated heterocycles. The number of benzene rings is 1. The monoisotopic (exact) mass is 385 g/mol. The van der Waals surface area contributed by atoms with Crippen LogP contribution in [0.3, 0.4) is 0 Å². The van der Waals surface area contributed by atoms with E-state index in [0.717, 1.165) is 5.01 Å². The molecule has 1 aliphatic rings.